The molecule has 2 rings (SSSR count). The van der Waals surface area contributed by atoms with Crippen LogP contribution < -0.4 is 20.7 Å². The lowest BCUT2D eigenvalue weighted by Crippen LogP contribution is -2.34. The molecule has 0 radical (unpaired) electrons. The highest BCUT2D eigenvalue weighted by Crippen LogP contribution is 2.17. The van der Waals surface area contributed by atoms with Gasteiger partial charge in [-0.15, -0.1) is 0 Å². The summed E-state index contributed by atoms with van der Waals surface area (Å²) in [4.78, 5) is 24.3. The molecule has 0 heterocycles. The molecule has 154 valence electrons. The zero-order chi connectivity index (χ0) is 21.4. The van der Waals surface area contributed by atoms with Crippen LogP contribution in [0.25, 0.3) is 0 Å². The summed E-state index contributed by atoms with van der Waals surface area (Å²) in [6.45, 7) is 7.66. The molecule has 0 aliphatic carbocycles. The number of amides is 2. The first-order chi connectivity index (χ1) is 13.8. The Labute approximate surface area is 177 Å². The number of thiocarbonyl (C=S) groups is 1. The maximum Gasteiger partial charge on any atom is 0.257 e. The summed E-state index contributed by atoms with van der Waals surface area (Å²) < 4.78 is 5.75. The maximum atomic E-state index is 12.5. The second kappa shape index (κ2) is 10.6. The largest absolute Gasteiger partial charge is 0.491 e. The number of benzene rings is 2. The summed E-state index contributed by atoms with van der Waals surface area (Å²) in [7, 11) is 0. The smallest absolute Gasteiger partial charge is 0.257 e. The van der Waals surface area contributed by atoms with E-state index in [9.17, 15) is 9.59 Å². The zero-order valence-electron chi connectivity index (χ0n) is 17.1. The van der Waals surface area contributed by atoms with Crippen LogP contribution in [0.1, 0.15) is 44.5 Å². The van der Waals surface area contributed by atoms with Gasteiger partial charge in [-0.1, -0.05) is 32.9 Å². The monoisotopic (exact) mass is 413 g/mol. The van der Waals surface area contributed by atoms with Gasteiger partial charge in [0.15, 0.2) is 5.11 Å². The van der Waals surface area contributed by atoms with Crippen LogP contribution in [-0.4, -0.2) is 23.0 Å². The molecule has 0 aliphatic heterocycles. The lowest BCUT2D eigenvalue weighted by molar-refractivity contribution is -0.118. The molecule has 0 aromatic heterocycles. The van der Waals surface area contributed by atoms with Crippen molar-refractivity contribution in [2.75, 3.05) is 10.6 Å². The predicted octanol–water partition coefficient (Wildman–Crippen LogP) is 4.59. The van der Waals surface area contributed by atoms with E-state index in [1.807, 2.05) is 33.8 Å². The SMILES string of the molecule is CCC(C)Oc1cccc(C(=O)NC(=S)Nc2cccc(NC(=O)C(C)C)c2)c1. The van der Waals surface area contributed by atoms with Crippen LogP contribution in [0.2, 0.25) is 0 Å². The van der Waals surface area contributed by atoms with Crippen molar-refractivity contribution in [2.24, 2.45) is 5.92 Å². The molecular formula is C22H27N3O3S. The highest BCUT2D eigenvalue weighted by molar-refractivity contribution is 7.80. The third-order valence-electron chi connectivity index (χ3n) is 4.15. The molecule has 0 aliphatic rings. The van der Waals surface area contributed by atoms with Gasteiger partial charge in [-0.3, -0.25) is 14.9 Å². The lowest BCUT2D eigenvalue weighted by Gasteiger charge is -2.14. The molecule has 2 aromatic carbocycles. The van der Waals surface area contributed by atoms with Gasteiger partial charge in [-0.25, -0.2) is 0 Å². The van der Waals surface area contributed by atoms with Crippen LogP contribution in [0, 0.1) is 5.92 Å². The topological polar surface area (TPSA) is 79.5 Å². The fourth-order valence-corrected chi connectivity index (χ4v) is 2.54. The van der Waals surface area contributed by atoms with Crippen molar-refractivity contribution in [1.82, 2.24) is 5.32 Å². The minimum atomic E-state index is -0.332. The van der Waals surface area contributed by atoms with Crippen molar-refractivity contribution in [3.8, 4) is 5.75 Å². The van der Waals surface area contributed by atoms with Crippen molar-refractivity contribution >= 4 is 40.5 Å². The molecule has 7 heteroatoms. The number of ether oxygens (including phenoxy) is 1. The summed E-state index contributed by atoms with van der Waals surface area (Å²) in [6, 6.07) is 14.1. The van der Waals surface area contributed by atoms with E-state index in [4.69, 9.17) is 17.0 Å². The van der Waals surface area contributed by atoms with Crippen LogP contribution in [0.15, 0.2) is 48.5 Å². The van der Waals surface area contributed by atoms with E-state index in [1.165, 1.54) is 0 Å². The van der Waals surface area contributed by atoms with Gasteiger partial charge in [0, 0.05) is 22.9 Å². The molecular weight excluding hydrogens is 386 g/mol. The molecule has 0 fully saturated rings. The third-order valence-corrected chi connectivity index (χ3v) is 4.35. The fraction of sp³-hybridized carbons (Fsp3) is 0.318. The summed E-state index contributed by atoms with van der Waals surface area (Å²) in [5, 5.41) is 8.60. The number of anilines is 2. The average molecular weight is 414 g/mol. The molecule has 6 nitrogen and oxygen atoms in total. The van der Waals surface area contributed by atoms with Gasteiger partial charge in [0.05, 0.1) is 6.10 Å². The molecule has 1 unspecified atom stereocenters. The van der Waals surface area contributed by atoms with Gasteiger partial charge < -0.3 is 15.4 Å². The molecule has 0 saturated heterocycles. The number of hydrogen-bond acceptors (Lipinski definition) is 4. The summed E-state index contributed by atoms with van der Waals surface area (Å²) in [5.74, 6) is 0.116. The van der Waals surface area contributed by atoms with Crippen LogP contribution in [0.3, 0.4) is 0 Å². The summed E-state index contributed by atoms with van der Waals surface area (Å²) in [5.41, 5.74) is 1.76. The van der Waals surface area contributed by atoms with E-state index in [0.717, 1.165) is 6.42 Å². The van der Waals surface area contributed by atoms with Gasteiger partial charge in [0.2, 0.25) is 5.91 Å². The van der Waals surface area contributed by atoms with Crippen molar-refractivity contribution in [2.45, 2.75) is 40.2 Å². The summed E-state index contributed by atoms with van der Waals surface area (Å²) in [6.07, 6.45) is 0.945. The van der Waals surface area contributed by atoms with Crippen LogP contribution >= 0.6 is 12.2 Å². The molecule has 0 spiro atoms. The standard InChI is InChI=1S/C22H27N3O3S/c1-5-15(4)28-19-11-6-8-16(12-19)21(27)25-22(29)24-18-10-7-9-17(13-18)23-20(26)14(2)3/h6-15H,5H2,1-4H3,(H,23,26)(H2,24,25,27,29). The minimum Gasteiger partial charge on any atom is -0.491 e. The normalized spacial score (nSPS) is 11.5. The lowest BCUT2D eigenvalue weighted by atomic mass is 10.2. The Morgan fingerprint density at radius 1 is 1.00 bits per heavy atom. The maximum absolute atomic E-state index is 12.5. The average Bonchev–Trinajstić information content (AvgIpc) is 2.68. The van der Waals surface area contributed by atoms with E-state index >= 15 is 0 Å². The van der Waals surface area contributed by atoms with Crippen molar-refractivity contribution in [3.05, 3.63) is 54.1 Å². The first kappa shape index (κ1) is 22.4. The Kier molecular flexibility index (Phi) is 8.15. The zero-order valence-corrected chi connectivity index (χ0v) is 17.9. The van der Waals surface area contributed by atoms with Gasteiger partial charge in [-0.2, -0.15) is 0 Å². The van der Waals surface area contributed by atoms with E-state index in [-0.39, 0.29) is 28.9 Å². The molecule has 1 atom stereocenters. The van der Waals surface area contributed by atoms with E-state index in [2.05, 4.69) is 16.0 Å². The Bertz CT molecular complexity index is 883. The quantitative estimate of drug-likeness (QED) is 0.579. The van der Waals surface area contributed by atoms with Gasteiger partial charge in [0.25, 0.3) is 5.91 Å². The highest BCUT2D eigenvalue weighted by Gasteiger charge is 2.11. The molecule has 0 bridgehead atoms. The van der Waals surface area contributed by atoms with E-state index < -0.39 is 0 Å². The fourth-order valence-electron chi connectivity index (χ4n) is 2.33. The van der Waals surface area contributed by atoms with E-state index in [0.29, 0.717) is 22.7 Å². The second-order valence-corrected chi connectivity index (χ2v) is 7.41. The first-order valence-corrected chi connectivity index (χ1v) is 9.99. The van der Waals surface area contributed by atoms with Crippen molar-refractivity contribution < 1.29 is 14.3 Å². The molecule has 29 heavy (non-hydrogen) atoms. The molecule has 2 amide bonds. The number of nitrogens with one attached hydrogen (secondary N) is 3. The summed E-state index contributed by atoms with van der Waals surface area (Å²) >= 11 is 5.24. The Morgan fingerprint density at radius 2 is 1.66 bits per heavy atom. The number of hydrogen-bond donors (Lipinski definition) is 3. The Balaban J connectivity index is 1.98. The molecule has 2 aromatic rings. The number of carbonyl (C=O) groups excluding carboxylic acids is 2. The third kappa shape index (κ3) is 7.19. The Hall–Kier alpha value is -2.93. The van der Waals surface area contributed by atoms with Crippen molar-refractivity contribution in [3.63, 3.8) is 0 Å². The van der Waals surface area contributed by atoms with Crippen LogP contribution in [0.5, 0.6) is 5.75 Å². The van der Waals surface area contributed by atoms with E-state index in [1.54, 1.807) is 42.5 Å². The number of carbonyl (C=O) groups is 2. The predicted molar refractivity (Wildman–Crippen MR) is 120 cm³/mol. The minimum absolute atomic E-state index is 0.0690. The van der Waals surface area contributed by atoms with Crippen molar-refractivity contribution in [1.29, 1.82) is 0 Å². The van der Waals surface area contributed by atoms with Crippen LogP contribution in [-0.2, 0) is 4.79 Å². The highest BCUT2D eigenvalue weighted by atomic mass is 32.1. The molecule has 0 saturated carbocycles. The van der Waals surface area contributed by atoms with Gasteiger partial charge in [-0.05, 0) is 62.0 Å². The molecule has 3 N–H and O–H groups in total. The Morgan fingerprint density at radius 3 is 2.31 bits per heavy atom. The number of rotatable bonds is 7. The van der Waals surface area contributed by atoms with Crippen LogP contribution in [0.4, 0.5) is 11.4 Å². The van der Waals surface area contributed by atoms with Gasteiger partial charge in [0.1, 0.15) is 5.75 Å². The van der Waals surface area contributed by atoms with Gasteiger partial charge >= 0.3 is 0 Å². The first-order valence-electron chi connectivity index (χ1n) is 9.58. The second-order valence-electron chi connectivity index (χ2n) is 7.00.